The molecule has 0 rings (SSSR count). The van der Waals surface area contributed by atoms with Gasteiger partial charge in [-0.2, -0.15) is 30.7 Å². The first kappa shape index (κ1) is 13.4. The van der Waals surface area contributed by atoms with Gasteiger partial charge in [0.25, 0.3) is 5.78 Å². The van der Waals surface area contributed by atoms with E-state index < -0.39 is 28.4 Å². The van der Waals surface area contributed by atoms with Crippen LogP contribution in [0.5, 0.6) is 0 Å². The topological polar surface area (TPSA) is 17.1 Å². The fraction of sp³-hybridized carbons (Fsp3) is 0.400. The lowest BCUT2D eigenvalue weighted by atomic mass is 10.2. The zero-order chi connectivity index (χ0) is 11.7. The molecular weight excluding hydrogens is 289 g/mol. The predicted octanol–water partition coefficient (Wildman–Crippen LogP) is 3.26. The number of carbonyl (C=O) groups is 1. The normalized spacial score (nSPS) is 12.6. The van der Waals surface area contributed by atoms with Crippen LogP contribution >= 0.6 is 15.9 Å². The molecule has 0 fully saturated rings. The van der Waals surface area contributed by atoms with E-state index in [-0.39, 0.29) is 0 Å². The quantitative estimate of drug-likeness (QED) is 0.443. The molecule has 0 aliphatic heterocycles. The summed E-state index contributed by atoms with van der Waals surface area (Å²) in [6, 6.07) is 0. The molecule has 0 amide bonds. The van der Waals surface area contributed by atoms with E-state index in [1.807, 2.05) is 0 Å². The monoisotopic (exact) mass is 288 g/mol. The Morgan fingerprint density at radius 2 is 1.36 bits per heavy atom. The summed E-state index contributed by atoms with van der Waals surface area (Å²) in [5, 5.41) is 0. The van der Waals surface area contributed by atoms with Crippen LogP contribution in [0.1, 0.15) is 0 Å². The van der Waals surface area contributed by atoms with Crippen molar-refractivity contribution in [1.82, 2.24) is 0 Å². The Kier molecular flexibility index (Phi) is 3.71. The van der Waals surface area contributed by atoms with E-state index >= 15 is 0 Å². The number of rotatable bonds is 3. The number of hydrogen-bond donors (Lipinski definition) is 0. The van der Waals surface area contributed by atoms with Gasteiger partial charge in [-0.1, -0.05) is 0 Å². The molecule has 0 saturated carbocycles. The number of alkyl halides is 5. The van der Waals surface area contributed by atoms with Crippen LogP contribution in [0.25, 0.3) is 0 Å². The Bertz CT molecular complexity index is 274. The van der Waals surface area contributed by atoms with Gasteiger partial charge < -0.3 is 0 Å². The highest BCUT2D eigenvalue weighted by atomic mass is 79.9. The first-order valence-corrected chi connectivity index (χ1v) is 3.51. The van der Waals surface area contributed by atoms with Crippen molar-refractivity contribution in [2.24, 2.45) is 0 Å². The van der Waals surface area contributed by atoms with Crippen molar-refractivity contribution in [1.29, 1.82) is 0 Å². The minimum atomic E-state index is -5.57. The maximum absolute atomic E-state index is 12.2. The molecular formula is C5BrF7O. The Balaban J connectivity index is 5.16. The van der Waals surface area contributed by atoms with Crippen LogP contribution in [0.4, 0.5) is 30.7 Å². The zero-order valence-electron chi connectivity index (χ0n) is 5.93. The smallest absolute Gasteiger partial charge is 0.284 e. The highest BCUT2D eigenvalue weighted by molar-refractivity contribution is 9.10. The number of halogens is 8. The maximum Gasteiger partial charge on any atom is 0.384 e. The van der Waals surface area contributed by atoms with Crippen molar-refractivity contribution in [2.45, 2.75) is 10.8 Å². The fourth-order valence-electron chi connectivity index (χ4n) is 0.352. The van der Waals surface area contributed by atoms with Crippen LogP contribution in [0.3, 0.4) is 0 Å². The predicted molar refractivity (Wildman–Crippen MR) is 34.2 cm³/mol. The second-order valence-electron chi connectivity index (χ2n) is 1.98. The summed E-state index contributed by atoms with van der Waals surface area (Å²) in [4.78, 5) is 4.99. The molecule has 0 aromatic heterocycles. The average Bonchev–Trinajstić information content (AvgIpc) is 1.99. The van der Waals surface area contributed by atoms with Crippen molar-refractivity contribution in [3.63, 3.8) is 0 Å². The van der Waals surface area contributed by atoms with E-state index in [9.17, 15) is 35.5 Å². The molecule has 0 atom stereocenters. The zero-order valence-corrected chi connectivity index (χ0v) is 7.52. The van der Waals surface area contributed by atoms with E-state index in [1.165, 1.54) is 0 Å². The Morgan fingerprint density at radius 3 is 1.57 bits per heavy atom. The van der Waals surface area contributed by atoms with Gasteiger partial charge in [0.2, 0.25) is 5.83 Å². The van der Waals surface area contributed by atoms with Crippen LogP contribution in [0.15, 0.2) is 11.9 Å². The van der Waals surface area contributed by atoms with Crippen LogP contribution in [0.2, 0.25) is 0 Å². The largest absolute Gasteiger partial charge is 0.384 e. The average molecular weight is 289 g/mol. The molecule has 0 aromatic carbocycles. The first-order valence-electron chi connectivity index (χ1n) is 2.72. The fourth-order valence-corrected chi connectivity index (χ4v) is 0.532. The van der Waals surface area contributed by atoms with Gasteiger partial charge in [-0.3, -0.25) is 4.79 Å². The summed E-state index contributed by atoms with van der Waals surface area (Å²) in [5.74, 6) is -12.0. The highest BCUT2D eigenvalue weighted by Crippen LogP contribution is 2.41. The van der Waals surface area contributed by atoms with Crippen LogP contribution in [-0.2, 0) is 4.79 Å². The number of hydrogen-bond acceptors (Lipinski definition) is 1. The Hall–Kier alpha value is -0.600. The van der Waals surface area contributed by atoms with Gasteiger partial charge in [-0.05, 0) is 15.9 Å². The third-order valence-electron chi connectivity index (χ3n) is 1.01. The molecule has 0 aromatic rings. The summed E-state index contributed by atoms with van der Waals surface area (Å²) >= 11 is 1.08. The molecule has 0 heterocycles. The first-order chi connectivity index (χ1) is 6.01. The van der Waals surface area contributed by atoms with Crippen LogP contribution in [-0.4, -0.2) is 16.5 Å². The third-order valence-corrected chi connectivity index (χ3v) is 1.50. The van der Waals surface area contributed by atoms with Crippen molar-refractivity contribution in [3.8, 4) is 0 Å². The number of Topliss-reactive ketones (excluding diaryl/α,β-unsaturated/α-hetero) is 1. The van der Waals surface area contributed by atoms with Gasteiger partial charge in [0.1, 0.15) is 0 Å². The van der Waals surface area contributed by atoms with Crippen molar-refractivity contribution < 1.29 is 35.5 Å². The second kappa shape index (κ2) is 3.87. The maximum atomic E-state index is 12.2. The van der Waals surface area contributed by atoms with Crippen LogP contribution < -0.4 is 0 Å². The number of ketones is 1. The second-order valence-corrected chi connectivity index (χ2v) is 2.97. The van der Waals surface area contributed by atoms with E-state index in [2.05, 4.69) is 0 Å². The van der Waals surface area contributed by atoms with Gasteiger partial charge in [-0.15, -0.1) is 0 Å². The summed E-state index contributed by atoms with van der Waals surface area (Å²) in [6.07, 6.45) is -3.38. The third kappa shape index (κ3) is 2.46. The van der Waals surface area contributed by atoms with Crippen molar-refractivity contribution >= 4 is 21.7 Å². The molecule has 1 nitrogen and oxygen atoms in total. The number of carbonyl (C=O) groups excluding carboxylic acids is 1. The van der Waals surface area contributed by atoms with E-state index in [0.717, 1.165) is 15.9 Å². The molecule has 14 heavy (non-hydrogen) atoms. The van der Waals surface area contributed by atoms with Crippen molar-refractivity contribution in [2.75, 3.05) is 0 Å². The Labute approximate surface area is 80.7 Å². The molecule has 0 saturated heterocycles. The number of allylic oxidation sites excluding steroid dienone is 1. The lowest BCUT2D eigenvalue weighted by Crippen LogP contribution is -2.43. The molecule has 0 spiro atoms. The molecule has 0 bridgehead atoms. The summed E-state index contributed by atoms with van der Waals surface area (Å²) in [6.45, 7) is 0. The summed E-state index contributed by atoms with van der Waals surface area (Å²) < 4.78 is 82.6. The molecule has 82 valence electrons. The van der Waals surface area contributed by atoms with Gasteiger partial charge in [0.05, 0.1) is 0 Å². The van der Waals surface area contributed by atoms with Crippen LogP contribution in [0, 0.1) is 0 Å². The van der Waals surface area contributed by atoms with Gasteiger partial charge in [0, 0.05) is 0 Å². The Morgan fingerprint density at radius 1 is 1.00 bits per heavy atom. The molecule has 0 aliphatic rings. The summed E-state index contributed by atoms with van der Waals surface area (Å²) in [5.41, 5.74) is 0. The lowest BCUT2D eigenvalue weighted by molar-refractivity contribution is -0.171. The van der Waals surface area contributed by atoms with Gasteiger partial charge in [0.15, 0.2) is 0 Å². The highest BCUT2D eigenvalue weighted by Gasteiger charge is 2.62. The molecule has 0 unspecified atom stereocenters. The summed E-state index contributed by atoms with van der Waals surface area (Å²) in [7, 11) is 0. The standard InChI is InChI=1S/C5BrF7O/c6-5(12,13)4(10,11)2(14)1(7)3(8)9. The minimum Gasteiger partial charge on any atom is -0.284 e. The van der Waals surface area contributed by atoms with E-state index in [4.69, 9.17) is 0 Å². The SMILES string of the molecule is O=C(C(F)=C(F)F)C(F)(F)C(F)(F)Br. The molecule has 0 aliphatic carbocycles. The van der Waals surface area contributed by atoms with E-state index in [0.29, 0.717) is 0 Å². The van der Waals surface area contributed by atoms with Gasteiger partial charge in [-0.25, -0.2) is 0 Å². The van der Waals surface area contributed by atoms with E-state index in [1.54, 1.807) is 0 Å². The molecule has 0 radical (unpaired) electrons. The minimum absolute atomic E-state index is 1.08. The lowest BCUT2D eigenvalue weighted by Gasteiger charge is -2.18. The van der Waals surface area contributed by atoms with Crippen molar-refractivity contribution in [3.05, 3.63) is 11.9 Å². The van der Waals surface area contributed by atoms with Gasteiger partial charge >= 0.3 is 16.8 Å². The molecule has 9 heteroatoms. The molecule has 0 N–H and O–H groups in total.